The second kappa shape index (κ2) is 6.93. The maximum atomic E-state index is 12.3. The van der Waals surface area contributed by atoms with E-state index in [4.69, 9.17) is 4.74 Å². The molecule has 0 spiro atoms. The van der Waals surface area contributed by atoms with Crippen molar-refractivity contribution in [1.82, 2.24) is 15.1 Å². The van der Waals surface area contributed by atoms with E-state index < -0.39 is 12.1 Å². The first-order valence-electron chi connectivity index (χ1n) is 8.40. The van der Waals surface area contributed by atoms with E-state index in [1.165, 1.54) is 17.8 Å². The summed E-state index contributed by atoms with van der Waals surface area (Å²) in [5.74, 6) is -0.670. The molecular weight excluding hydrogens is 326 g/mol. The lowest BCUT2D eigenvalue weighted by molar-refractivity contribution is -0.130. The predicted molar refractivity (Wildman–Crippen MR) is 93.2 cm³/mol. The zero-order chi connectivity index (χ0) is 17.3. The second-order valence-electron chi connectivity index (χ2n) is 6.43. The number of hydrogen-bond acceptors (Lipinski definition) is 5. The Kier molecular flexibility index (Phi) is 4.89. The first-order valence-corrected chi connectivity index (χ1v) is 9.22. The number of aryl methyl sites for hydroxylation is 2. The summed E-state index contributed by atoms with van der Waals surface area (Å²) in [6, 6.07) is 2.00. The highest BCUT2D eigenvalue weighted by Gasteiger charge is 2.24. The number of thiophene rings is 1. The molecule has 0 saturated heterocycles. The van der Waals surface area contributed by atoms with Gasteiger partial charge in [-0.2, -0.15) is 5.10 Å². The van der Waals surface area contributed by atoms with Crippen molar-refractivity contribution < 1.29 is 14.3 Å². The topological polar surface area (TPSA) is 73.2 Å². The number of carbonyl (C=O) groups is 2. The van der Waals surface area contributed by atoms with Gasteiger partial charge in [-0.25, -0.2) is 4.79 Å². The third-order valence-corrected chi connectivity index (χ3v) is 5.68. The van der Waals surface area contributed by atoms with Crippen molar-refractivity contribution in [2.24, 2.45) is 7.05 Å². The average Bonchev–Trinajstić information content (AvgIpc) is 3.10. The standard InChI is InChI=1S/C17H23N3O3S/c1-10-13-9-14(24-16(13)20(3)19-10)17(22)23-11(2)15(21)18-12-7-5-4-6-8-12/h9,11-12H,4-8H2,1-3H3,(H,18,21). The van der Waals surface area contributed by atoms with Gasteiger partial charge in [-0.15, -0.1) is 11.3 Å². The normalized spacial score (nSPS) is 17.0. The van der Waals surface area contributed by atoms with Crippen LogP contribution >= 0.6 is 11.3 Å². The number of nitrogens with zero attached hydrogens (tertiary/aromatic N) is 2. The van der Waals surface area contributed by atoms with Gasteiger partial charge < -0.3 is 10.1 Å². The fourth-order valence-electron chi connectivity index (χ4n) is 3.14. The molecule has 1 unspecified atom stereocenters. The Morgan fingerprint density at radius 1 is 1.38 bits per heavy atom. The van der Waals surface area contributed by atoms with Crippen molar-refractivity contribution in [2.75, 3.05) is 0 Å². The Bertz CT molecular complexity index is 724. The monoisotopic (exact) mass is 349 g/mol. The summed E-state index contributed by atoms with van der Waals surface area (Å²) in [6.45, 7) is 3.53. The molecule has 1 N–H and O–H groups in total. The van der Waals surface area contributed by atoms with Crippen molar-refractivity contribution in [1.29, 1.82) is 0 Å². The van der Waals surface area contributed by atoms with E-state index in [1.807, 2.05) is 14.0 Å². The lowest BCUT2D eigenvalue weighted by Gasteiger charge is -2.24. The Morgan fingerprint density at radius 2 is 2.08 bits per heavy atom. The van der Waals surface area contributed by atoms with Crippen LogP contribution in [-0.2, 0) is 16.6 Å². The molecule has 3 rings (SSSR count). The van der Waals surface area contributed by atoms with Gasteiger partial charge in [0.1, 0.15) is 9.71 Å². The summed E-state index contributed by atoms with van der Waals surface area (Å²) in [4.78, 5) is 26.0. The smallest absolute Gasteiger partial charge is 0.349 e. The zero-order valence-corrected chi connectivity index (χ0v) is 15.1. The highest BCUT2D eigenvalue weighted by Crippen LogP contribution is 2.28. The minimum Gasteiger partial charge on any atom is -0.448 e. The molecule has 0 aliphatic heterocycles. The molecule has 6 nitrogen and oxygen atoms in total. The summed E-state index contributed by atoms with van der Waals surface area (Å²) in [7, 11) is 1.85. The van der Waals surface area contributed by atoms with Crippen molar-refractivity contribution in [3.63, 3.8) is 0 Å². The first-order chi connectivity index (χ1) is 11.5. The van der Waals surface area contributed by atoms with Crippen LogP contribution in [0.25, 0.3) is 10.2 Å². The Labute approximate surface area is 145 Å². The maximum absolute atomic E-state index is 12.3. The van der Waals surface area contributed by atoms with Crippen molar-refractivity contribution in [2.45, 2.75) is 58.1 Å². The van der Waals surface area contributed by atoms with Crippen molar-refractivity contribution in [3.8, 4) is 0 Å². The number of hydrogen-bond donors (Lipinski definition) is 1. The number of carbonyl (C=O) groups excluding carboxylic acids is 2. The van der Waals surface area contributed by atoms with Gasteiger partial charge in [0.2, 0.25) is 0 Å². The molecule has 1 atom stereocenters. The van der Waals surface area contributed by atoms with E-state index >= 15 is 0 Å². The largest absolute Gasteiger partial charge is 0.448 e. The van der Waals surface area contributed by atoms with Crippen LogP contribution in [0.5, 0.6) is 0 Å². The zero-order valence-electron chi connectivity index (χ0n) is 14.3. The van der Waals surface area contributed by atoms with Gasteiger partial charge in [0.05, 0.1) is 5.69 Å². The molecule has 1 aliphatic carbocycles. The van der Waals surface area contributed by atoms with Crippen LogP contribution in [0.1, 0.15) is 54.4 Å². The molecular formula is C17H23N3O3S. The number of ether oxygens (including phenoxy) is 1. The summed E-state index contributed by atoms with van der Waals surface area (Å²) in [5, 5.41) is 8.26. The molecule has 1 aliphatic rings. The van der Waals surface area contributed by atoms with E-state index in [2.05, 4.69) is 10.4 Å². The third kappa shape index (κ3) is 3.45. The summed E-state index contributed by atoms with van der Waals surface area (Å²) in [5.41, 5.74) is 0.880. The first kappa shape index (κ1) is 17.0. The van der Waals surface area contributed by atoms with Crippen LogP contribution in [0.15, 0.2) is 6.07 Å². The minimum absolute atomic E-state index is 0.213. The number of amides is 1. The van der Waals surface area contributed by atoms with E-state index in [0.29, 0.717) is 4.88 Å². The molecule has 0 bridgehead atoms. The highest BCUT2D eigenvalue weighted by atomic mass is 32.1. The number of fused-ring (bicyclic) bond motifs is 1. The van der Waals surface area contributed by atoms with Crippen LogP contribution in [-0.4, -0.2) is 33.8 Å². The molecule has 2 heterocycles. The summed E-state index contributed by atoms with van der Waals surface area (Å²) in [6.07, 6.45) is 4.76. The van der Waals surface area contributed by atoms with Crippen LogP contribution in [0.2, 0.25) is 0 Å². The lowest BCUT2D eigenvalue weighted by Crippen LogP contribution is -2.42. The molecule has 24 heavy (non-hydrogen) atoms. The molecule has 0 radical (unpaired) electrons. The van der Waals surface area contributed by atoms with E-state index in [1.54, 1.807) is 17.7 Å². The van der Waals surface area contributed by atoms with Gasteiger partial charge in [0, 0.05) is 18.5 Å². The number of aromatic nitrogens is 2. The van der Waals surface area contributed by atoms with E-state index in [-0.39, 0.29) is 11.9 Å². The van der Waals surface area contributed by atoms with Crippen LogP contribution in [0.3, 0.4) is 0 Å². The van der Waals surface area contributed by atoms with Crippen molar-refractivity contribution >= 4 is 33.4 Å². The van der Waals surface area contributed by atoms with Gasteiger partial charge in [0.25, 0.3) is 5.91 Å². The van der Waals surface area contributed by atoms with Gasteiger partial charge >= 0.3 is 5.97 Å². The summed E-state index contributed by atoms with van der Waals surface area (Å²) < 4.78 is 7.10. The number of esters is 1. The average molecular weight is 349 g/mol. The maximum Gasteiger partial charge on any atom is 0.349 e. The molecule has 2 aromatic rings. The van der Waals surface area contributed by atoms with Gasteiger partial charge in [-0.1, -0.05) is 19.3 Å². The summed E-state index contributed by atoms with van der Waals surface area (Å²) >= 11 is 1.34. The molecule has 1 saturated carbocycles. The molecule has 1 fully saturated rings. The number of rotatable bonds is 4. The van der Waals surface area contributed by atoms with Crippen LogP contribution in [0.4, 0.5) is 0 Å². The fourth-order valence-corrected chi connectivity index (χ4v) is 4.15. The van der Waals surface area contributed by atoms with Crippen LogP contribution in [0, 0.1) is 6.92 Å². The van der Waals surface area contributed by atoms with Gasteiger partial charge in [-0.3, -0.25) is 9.48 Å². The number of nitrogens with one attached hydrogen (secondary N) is 1. The second-order valence-corrected chi connectivity index (χ2v) is 7.46. The Balaban J connectivity index is 1.62. The molecule has 130 valence electrons. The minimum atomic E-state index is -0.788. The molecule has 1 amide bonds. The predicted octanol–water partition coefficient (Wildman–Crippen LogP) is 2.94. The fraction of sp³-hybridized carbons (Fsp3) is 0.588. The quantitative estimate of drug-likeness (QED) is 0.861. The van der Waals surface area contributed by atoms with Gasteiger partial charge in [-0.05, 0) is 32.8 Å². The van der Waals surface area contributed by atoms with E-state index in [0.717, 1.165) is 41.6 Å². The van der Waals surface area contributed by atoms with E-state index in [9.17, 15) is 9.59 Å². The third-order valence-electron chi connectivity index (χ3n) is 4.50. The molecule has 7 heteroatoms. The van der Waals surface area contributed by atoms with Gasteiger partial charge in [0.15, 0.2) is 6.10 Å². The van der Waals surface area contributed by atoms with Crippen molar-refractivity contribution in [3.05, 3.63) is 16.6 Å². The molecule has 0 aromatic carbocycles. The highest BCUT2D eigenvalue weighted by molar-refractivity contribution is 7.20. The molecule has 2 aromatic heterocycles. The SMILES string of the molecule is Cc1nn(C)c2sc(C(=O)OC(C)C(=O)NC3CCCCC3)cc12. The Hall–Kier alpha value is -1.89. The Morgan fingerprint density at radius 3 is 2.75 bits per heavy atom. The lowest BCUT2D eigenvalue weighted by atomic mass is 9.95. The van der Waals surface area contributed by atoms with Crippen LogP contribution < -0.4 is 5.32 Å².